The Hall–Kier alpha value is -0.650. The van der Waals surface area contributed by atoms with Crippen LogP contribution in [0.5, 0.6) is 0 Å². The highest BCUT2D eigenvalue weighted by Gasteiger charge is 2.52. The molecule has 4 nitrogen and oxygen atoms in total. The second kappa shape index (κ2) is 5.52. The summed E-state index contributed by atoms with van der Waals surface area (Å²) in [5.74, 6) is -0.524. The first-order chi connectivity index (χ1) is 9.58. The van der Waals surface area contributed by atoms with E-state index in [4.69, 9.17) is 4.74 Å². The minimum absolute atomic E-state index is 0.229. The van der Waals surface area contributed by atoms with Gasteiger partial charge in [0.05, 0.1) is 6.42 Å². The molecule has 6 heteroatoms. The van der Waals surface area contributed by atoms with Crippen LogP contribution in [0.2, 0.25) is 0 Å². The molecule has 2 rings (SSSR count). The van der Waals surface area contributed by atoms with Gasteiger partial charge in [0.15, 0.2) is 0 Å². The van der Waals surface area contributed by atoms with Crippen LogP contribution in [-0.4, -0.2) is 26.2 Å². The molecule has 122 valence electrons. The number of rotatable bonds is 4. The Labute approximate surface area is 126 Å². The second-order valence-electron chi connectivity index (χ2n) is 7.34. The van der Waals surface area contributed by atoms with Gasteiger partial charge in [-0.05, 0) is 37.0 Å². The molecule has 1 saturated carbocycles. The average Bonchev–Trinajstić information content (AvgIpc) is 2.64. The van der Waals surface area contributed by atoms with Crippen LogP contribution in [0, 0.1) is 16.7 Å². The quantitative estimate of drug-likeness (QED) is 0.589. The summed E-state index contributed by atoms with van der Waals surface area (Å²) in [6.45, 7) is 6.66. The minimum Gasteiger partial charge on any atom is -0.461 e. The van der Waals surface area contributed by atoms with Gasteiger partial charge in [-0.3, -0.25) is 4.79 Å². The van der Waals surface area contributed by atoms with Gasteiger partial charge in [-0.25, -0.2) is 0 Å². The molecular formula is C15H25FO4S. The molecule has 1 aliphatic carbocycles. The minimum atomic E-state index is -4.63. The predicted molar refractivity (Wildman–Crippen MR) is 77.9 cm³/mol. The maximum Gasteiger partial charge on any atom is 0.306 e. The van der Waals surface area contributed by atoms with E-state index < -0.39 is 33.5 Å². The van der Waals surface area contributed by atoms with Crippen molar-refractivity contribution < 1.29 is 21.8 Å². The molecule has 0 aromatic carbocycles. The summed E-state index contributed by atoms with van der Waals surface area (Å²) in [5.41, 5.74) is -0.233. The molecule has 0 aromatic heterocycles. The van der Waals surface area contributed by atoms with Crippen LogP contribution in [0.15, 0.2) is 0 Å². The Morgan fingerprint density at radius 2 is 1.90 bits per heavy atom. The zero-order valence-electron chi connectivity index (χ0n) is 13.0. The third kappa shape index (κ3) is 3.58. The number of hydrogen-bond donors (Lipinski definition) is 0. The van der Waals surface area contributed by atoms with Gasteiger partial charge in [-0.1, -0.05) is 27.2 Å². The monoisotopic (exact) mass is 320 g/mol. The Balaban J connectivity index is 2.11. The first-order valence-electron chi connectivity index (χ1n) is 7.70. The predicted octanol–water partition coefficient (Wildman–Crippen LogP) is 3.21. The molecular weight excluding hydrogens is 295 g/mol. The van der Waals surface area contributed by atoms with Gasteiger partial charge in [0.2, 0.25) is 0 Å². The summed E-state index contributed by atoms with van der Waals surface area (Å²) in [5, 5.41) is 0. The summed E-state index contributed by atoms with van der Waals surface area (Å²) in [7, 11) is -4.63. The van der Waals surface area contributed by atoms with Crippen molar-refractivity contribution >= 4 is 16.2 Å². The van der Waals surface area contributed by atoms with Crippen LogP contribution in [0.4, 0.5) is 3.89 Å². The smallest absolute Gasteiger partial charge is 0.306 e. The van der Waals surface area contributed by atoms with E-state index in [1.807, 2.05) is 0 Å². The first-order valence-corrected chi connectivity index (χ1v) is 9.25. The van der Waals surface area contributed by atoms with Crippen molar-refractivity contribution in [1.29, 1.82) is 0 Å². The van der Waals surface area contributed by atoms with Gasteiger partial charge in [0.1, 0.15) is 11.9 Å². The molecule has 1 aliphatic heterocycles. The van der Waals surface area contributed by atoms with Gasteiger partial charge in [0, 0.05) is 5.41 Å². The highest BCUT2D eigenvalue weighted by Crippen LogP contribution is 2.53. The second-order valence-corrected chi connectivity index (χ2v) is 8.75. The number of ether oxygens (including phenoxy) is 1. The van der Waals surface area contributed by atoms with E-state index >= 15 is 0 Å². The van der Waals surface area contributed by atoms with E-state index in [0.717, 1.165) is 32.1 Å². The lowest BCUT2D eigenvalue weighted by molar-refractivity contribution is -0.141. The Kier molecular flexibility index (Phi) is 4.40. The van der Waals surface area contributed by atoms with Crippen molar-refractivity contribution in [3.05, 3.63) is 0 Å². The molecule has 0 N–H and O–H groups in total. The lowest BCUT2D eigenvalue weighted by Gasteiger charge is -2.44. The summed E-state index contributed by atoms with van der Waals surface area (Å²) < 4.78 is 40.0. The van der Waals surface area contributed by atoms with Gasteiger partial charge >= 0.3 is 16.2 Å². The first kappa shape index (κ1) is 16.7. The van der Waals surface area contributed by atoms with Gasteiger partial charge < -0.3 is 4.74 Å². The van der Waals surface area contributed by atoms with Crippen LogP contribution in [0.3, 0.4) is 0 Å². The fourth-order valence-electron chi connectivity index (χ4n) is 3.88. The zero-order valence-corrected chi connectivity index (χ0v) is 13.8. The molecule has 0 radical (unpaired) electrons. The van der Waals surface area contributed by atoms with Gasteiger partial charge in [-0.15, -0.1) is 3.89 Å². The summed E-state index contributed by atoms with van der Waals surface area (Å²) in [6.07, 6.45) is 3.88. The summed E-state index contributed by atoms with van der Waals surface area (Å²) in [4.78, 5) is 11.6. The lowest BCUT2D eigenvalue weighted by Crippen LogP contribution is -2.41. The largest absolute Gasteiger partial charge is 0.461 e. The van der Waals surface area contributed by atoms with Crippen molar-refractivity contribution in [1.82, 2.24) is 0 Å². The van der Waals surface area contributed by atoms with E-state index in [9.17, 15) is 17.1 Å². The molecule has 21 heavy (non-hydrogen) atoms. The molecule has 2 aliphatic rings. The fraction of sp³-hybridized carbons (Fsp3) is 0.933. The number of carbonyl (C=O) groups excluding carboxylic acids is 1. The van der Waals surface area contributed by atoms with Gasteiger partial charge in [0.25, 0.3) is 0 Å². The van der Waals surface area contributed by atoms with Crippen molar-refractivity contribution in [2.45, 2.75) is 65.4 Å². The summed E-state index contributed by atoms with van der Waals surface area (Å²) >= 11 is 0. The number of halogens is 1. The molecule has 2 fully saturated rings. The van der Waals surface area contributed by atoms with Crippen LogP contribution in [0.1, 0.15) is 59.3 Å². The highest BCUT2D eigenvalue weighted by molar-refractivity contribution is 7.86. The number of esters is 1. The van der Waals surface area contributed by atoms with E-state index in [1.165, 1.54) is 0 Å². The van der Waals surface area contributed by atoms with Crippen molar-refractivity contribution in [3.63, 3.8) is 0 Å². The van der Waals surface area contributed by atoms with E-state index in [-0.39, 0.29) is 11.8 Å². The number of cyclic esters (lactones) is 1. The molecule has 1 saturated heterocycles. The Morgan fingerprint density at radius 3 is 2.38 bits per heavy atom. The van der Waals surface area contributed by atoms with E-state index in [2.05, 4.69) is 20.8 Å². The van der Waals surface area contributed by atoms with E-state index in [1.54, 1.807) is 0 Å². The molecule has 1 spiro atoms. The standard InChI is InChI=1S/C15H25FO4S/c1-4-14(2,3)11-5-7-15(8-6-11)9-13(17)20-12(15)10-21(16,18)19/h11-12H,4-10H2,1-3H3. The third-order valence-electron chi connectivity index (χ3n) is 5.80. The van der Waals surface area contributed by atoms with Crippen LogP contribution in [-0.2, 0) is 19.8 Å². The zero-order chi connectivity index (χ0) is 15.9. The van der Waals surface area contributed by atoms with Crippen LogP contribution < -0.4 is 0 Å². The average molecular weight is 320 g/mol. The van der Waals surface area contributed by atoms with Crippen molar-refractivity contribution in [2.24, 2.45) is 16.7 Å². The molecule has 1 unspecified atom stereocenters. The van der Waals surface area contributed by atoms with Crippen molar-refractivity contribution in [2.75, 3.05) is 5.75 Å². The normalized spacial score (nSPS) is 34.2. The Bertz CT molecular complexity index is 504. The topological polar surface area (TPSA) is 60.4 Å². The Morgan fingerprint density at radius 1 is 1.33 bits per heavy atom. The third-order valence-corrected chi connectivity index (χ3v) is 6.50. The highest BCUT2D eigenvalue weighted by atomic mass is 32.3. The number of hydrogen-bond acceptors (Lipinski definition) is 4. The molecule has 0 aromatic rings. The molecule has 1 atom stereocenters. The fourth-order valence-corrected chi connectivity index (χ4v) is 4.66. The van der Waals surface area contributed by atoms with Crippen molar-refractivity contribution in [3.8, 4) is 0 Å². The maximum atomic E-state index is 13.0. The molecule has 1 heterocycles. The SMILES string of the molecule is CCC(C)(C)C1CCC2(CC1)CC(=O)OC2CS(=O)(=O)F. The molecule has 0 amide bonds. The lowest BCUT2D eigenvalue weighted by atomic mass is 9.61. The maximum absolute atomic E-state index is 13.0. The van der Waals surface area contributed by atoms with Crippen LogP contribution in [0.25, 0.3) is 0 Å². The van der Waals surface area contributed by atoms with Crippen LogP contribution >= 0.6 is 0 Å². The molecule has 0 bridgehead atoms. The van der Waals surface area contributed by atoms with E-state index in [0.29, 0.717) is 5.92 Å². The van der Waals surface area contributed by atoms with Gasteiger partial charge in [-0.2, -0.15) is 8.42 Å². The summed E-state index contributed by atoms with van der Waals surface area (Å²) in [6, 6.07) is 0. The number of carbonyl (C=O) groups is 1.